The van der Waals surface area contributed by atoms with Crippen molar-refractivity contribution in [3.8, 4) is 0 Å². The summed E-state index contributed by atoms with van der Waals surface area (Å²) in [6, 6.07) is 3.70. The summed E-state index contributed by atoms with van der Waals surface area (Å²) in [5.41, 5.74) is 0. The van der Waals surface area contributed by atoms with Crippen LogP contribution in [-0.4, -0.2) is 35.1 Å². The molecule has 0 spiro atoms. The van der Waals surface area contributed by atoms with Crippen molar-refractivity contribution in [3.63, 3.8) is 0 Å². The first-order valence-corrected chi connectivity index (χ1v) is 7.16. The highest BCUT2D eigenvalue weighted by Crippen LogP contribution is 2.23. The standard InChI is InChI=1S/C13H16ClNO2S/c1-9-8-15(7-6-11(9)16)13(17)5-3-10-2-4-12(14)18-10/h2-5,9,11,16H,6-8H2,1H3/b5-3+. The van der Waals surface area contributed by atoms with E-state index in [2.05, 4.69) is 0 Å². The van der Waals surface area contributed by atoms with Crippen molar-refractivity contribution >= 4 is 34.9 Å². The predicted molar refractivity (Wildman–Crippen MR) is 74.7 cm³/mol. The van der Waals surface area contributed by atoms with Crippen molar-refractivity contribution in [1.29, 1.82) is 0 Å². The van der Waals surface area contributed by atoms with E-state index in [1.807, 2.05) is 19.1 Å². The Morgan fingerprint density at radius 1 is 1.61 bits per heavy atom. The number of carbonyl (C=O) groups is 1. The van der Waals surface area contributed by atoms with Gasteiger partial charge in [-0.2, -0.15) is 0 Å². The Balaban J connectivity index is 1.94. The first-order chi connectivity index (χ1) is 8.56. The largest absolute Gasteiger partial charge is 0.393 e. The molecule has 0 bridgehead atoms. The fourth-order valence-electron chi connectivity index (χ4n) is 2.01. The van der Waals surface area contributed by atoms with E-state index in [0.29, 0.717) is 19.5 Å². The molecule has 3 nitrogen and oxygen atoms in total. The van der Waals surface area contributed by atoms with E-state index in [4.69, 9.17) is 11.6 Å². The molecule has 1 aliphatic heterocycles. The molecule has 0 saturated carbocycles. The zero-order valence-electron chi connectivity index (χ0n) is 10.2. The van der Waals surface area contributed by atoms with Gasteiger partial charge in [0.1, 0.15) is 0 Å². The van der Waals surface area contributed by atoms with Crippen LogP contribution < -0.4 is 0 Å². The molecule has 0 aliphatic carbocycles. The van der Waals surface area contributed by atoms with E-state index < -0.39 is 0 Å². The molecule has 1 amide bonds. The summed E-state index contributed by atoms with van der Waals surface area (Å²) in [7, 11) is 0. The van der Waals surface area contributed by atoms with E-state index in [9.17, 15) is 9.90 Å². The van der Waals surface area contributed by atoms with E-state index in [1.165, 1.54) is 11.3 Å². The quantitative estimate of drug-likeness (QED) is 0.849. The topological polar surface area (TPSA) is 40.5 Å². The van der Waals surface area contributed by atoms with Gasteiger partial charge in [-0.25, -0.2) is 0 Å². The van der Waals surface area contributed by atoms with E-state index in [1.54, 1.807) is 17.1 Å². The average Bonchev–Trinajstić information content (AvgIpc) is 2.75. The molecule has 2 rings (SSSR count). The molecule has 1 N–H and O–H groups in total. The highest BCUT2D eigenvalue weighted by Gasteiger charge is 2.25. The Morgan fingerprint density at radius 3 is 3.00 bits per heavy atom. The minimum absolute atomic E-state index is 0.00160. The van der Waals surface area contributed by atoms with E-state index in [0.717, 1.165) is 9.21 Å². The minimum Gasteiger partial charge on any atom is -0.393 e. The summed E-state index contributed by atoms with van der Waals surface area (Å²) < 4.78 is 0.719. The normalized spacial score (nSPS) is 24.7. The first kappa shape index (κ1) is 13.6. The van der Waals surface area contributed by atoms with Crippen LogP contribution in [-0.2, 0) is 4.79 Å². The molecule has 98 valence electrons. The van der Waals surface area contributed by atoms with Crippen LogP contribution in [0.25, 0.3) is 6.08 Å². The number of nitrogens with zero attached hydrogens (tertiary/aromatic N) is 1. The lowest BCUT2D eigenvalue weighted by atomic mass is 9.97. The lowest BCUT2D eigenvalue weighted by Gasteiger charge is -2.33. The van der Waals surface area contributed by atoms with Gasteiger partial charge in [0.2, 0.25) is 5.91 Å². The van der Waals surface area contributed by atoms with Crippen molar-refractivity contribution in [2.24, 2.45) is 5.92 Å². The molecule has 0 radical (unpaired) electrons. The van der Waals surface area contributed by atoms with Crippen molar-refractivity contribution < 1.29 is 9.90 Å². The smallest absolute Gasteiger partial charge is 0.246 e. The summed E-state index contributed by atoms with van der Waals surface area (Å²) in [6.45, 7) is 3.21. The van der Waals surface area contributed by atoms with Gasteiger partial charge in [0.25, 0.3) is 0 Å². The van der Waals surface area contributed by atoms with Gasteiger partial charge in [-0.1, -0.05) is 18.5 Å². The fourth-order valence-corrected chi connectivity index (χ4v) is 2.97. The summed E-state index contributed by atoms with van der Waals surface area (Å²) in [5.74, 6) is 0.144. The Hall–Kier alpha value is -0.840. The molecule has 0 aromatic carbocycles. The zero-order valence-corrected chi connectivity index (χ0v) is 11.7. The minimum atomic E-state index is -0.283. The van der Waals surface area contributed by atoms with Crippen LogP contribution in [0.3, 0.4) is 0 Å². The third-order valence-electron chi connectivity index (χ3n) is 3.16. The number of piperidine rings is 1. The third kappa shape index (κ3) is 3.34. The van der Waals surface area contributed by atoms with Crippen molar-refractivity contribution in [3.05, 3.63) is 27.4 Å². The van der Waals surface area contributed by atoms with Gasteiger partial charge >= 0.3 is 0 Å². The van der Waals surface area contributed by atoms with Crippen LogP contribution in [0.4, 0.5) is 0 Å². The number of amides is 1. The Morgan fingerprint density at radius 2 is 2.39 bits per heavy atom. The molecule has 1 aliphatic rings. The SMILES string of the molecule is CC1CN(C(=O)/C=C/c2ccc(Cl)s2)CCC1O. The maximum absolute atomic E-state index is 12.0. The second-order valence-electron chi connectivity index (χ2n) is 4.59. The number of rotatable bonds is 2. The molecular weight excluding hydrogens is 270 g/mol. The molecule has 1 aromatic rings. The number of aliphatic hydroxyl groups is 1. The van der Waals surface area contributed by atoms with Gasteiger partial charge in [0.15, 0.2) is 0 Å². The number of aliphatic hydroxyl groups excluding tert-OH is 1. The number of hydrogen-bond donors (Lipinski definition) is 1. The molecule has 2 atom stereocenters. The first-order valence-electron chi connectivity index (χ1n) is 5.96. The van der Waals surface area contributed by atoms with E-state index in [-0.39, 0.29) is 17.9 Å². The third-order valence-corrected chi connectivity index (χ3v) is 4.35. The molecule has 2 unspecified atom stereocenters. The maximum atomic E-state index is 12.0. The Bertz CT molecular complexity index is 458. The van der Waals surface area contributed by atoms with Crippen molar-refractivity contribution in [1.82, 2.24) is 4.90 Å². The van der Waals surface area contributed by atoms with Gasteiger partial charge in [-0.15, -0.1) is 11.3 Å². The van der Waals surface area contributed by atoms with Crippen LogP contribution in [0.2, 0.25) is 4.34 Å². The molecule has 1 saturated heterocycles. The number of carbonyl (C=O) groups excluding carboxylic acids is 1. The average molecular weight is 286 g/mol. The van der Waals surface area contributed by atoms with Crippen molar-refractivity contribution in [2.75, 3.05) is 13.1 Å². The van der Waals surface area contributed by atoms with Crippen LogP contribution in [0.1, 0.15) is 18.2 Å². The van der Waals surface area contributed by atoms with E-state index >= 15 is 0 Å². The summed E-state index contributed by atoms with van der Waals surface area (Å²) >= 11 is 7.27. The van der Waals surface area contributed by atoms with Crippen LogP contribution in [0.5, 0.6) is 0 Å². The number of hydrogen-bond acceptors (Lipinski definition) is 3. The summed E-state index contributed by atoms with van der Waals surface area (Å²) in [4.78, 5) is 14.7. The maximum Gasteiger partial charge on any atom is 0.246 e. The van der Waals surface area contributed by atoms with Gasteiger partial charge in [-0.05, 0) is 30.5 Å². The monoisotopic (exact) mass is 285 g/mol. The van der Waals surface area contributed by atoms with Crippen LogP contribution >= 0.6 is 22.9 Å². The van der Waals surface area contributed by atoms with Gasteiger partial charge in [0, 0.05) is 24.0 Å². The van der Waals surface area contributed by atoms with Crippen LogP contribution in [0, 0.1) is 5.92 Å². The number of thiophene rings is 1. The second-order valence-corrected chi connectivity index (χ2v) is 6.34. The fraction of sp³-hybridized carbons (Fsp3) is 0.462. The lowest BCUT2D eigenvalue weighted by Crippen LogP contribution is -2.44. The van der Waals surface area contributed by atoms with Gasteiger partial charge in [0.05, 0.1) is 10.4 Å². The van der Waals surface area contributed by atoms with Gasteiger partial charge < -0.3 is 10.0 Å². The lowest BCUT2D eigenvalue weighted by molar-refractivity contribution is -0.129. The molecule has 1 aromatic heterocycles. The molecule has 1 fully saturated rings. The number of halogens is 1. The highest BCUT2D eigenvalue weighted by atomic mass is 35.5. The predicted octanol–water partition coefficient (Wildman–Crippen LogP) is 2.64. The molecule has 2 heterocycles. The van der Waals surface area contributed by atoms with Crippen molar-refractivity contribution in [2.45, 2.75) is 19.4 Å². The zero-order chi connectivity index (χ0) is 13.1. The summed E-state index contributed by atoms with van der Waals surface area (Å²) in [5, 5.41) is 9.62. The van der Waals surface area contributed by atoms with Crippen LogP contribution in [0.15, 0.2) is 18.2 Å². The Labute approximate surface area is 116 Å². The molecule has 5 heteroatoms. The van der Waals surface area contributed by atoms with Gasteiger partial charge in [-0.3, -0.25) is 4.79 Å². The number of likely N-dealkylation sites (tertiary alicyclic amines) is 1. The molecule has 18 heavy (non-hydrogen) atoms. The summed E-state index contributed by atoms with van der Waals surface area (Å²) in [6.07, 6.45) is 3.74. The Kier molecular flexibility index (Phi) is 4.43. The second kappa shape index (κ2) is 5.87. The molecular formula is C13H16ClNO2S. The highest BCUT2D eigenvalue weighted by molar-refractivity contribution is 7.17.